The zero-order valence-electron chi connectivity index (χ0n) is 55.5. The molecule has 4 saturated heterocycles. The van der Waals surface area contributed by atoms with Crippen LogP contribution in [0.3, 0.4) is 0 Å². The molecule has 4 aromatic rings. The third-order valence-electron chi connectivity index (χ3n) is 19.7. The summed E-state index contributed by atoms with van der Waals surface area (Å²) in [6, 6.07) is 43.6. The van der Waals surface area contributed by atoms with Gasteiger partial charge in [-0.25, -0.2) is 9.59 Å². The van der Waals surface area contributed by atoms with Gasteiger partial charge in [-0.15, -0.1) is 0 Å². The van der Waals surface area contributed by atoms with Crippen molar-refractivity contribution in [2.24, 2.45) is 50.5 Å². The van der Waals surface area contributed by atoms with Crippen LogP contribution in [-0.4, -0.2) is 160 Å². The number of hydrogen-bond donors (Lipinski definition) is 6. The Balaban J connectivity index is 0.000000212. The van der Waals surface area contributed by atoms with Crippen molar-refractivity contribution in [2.75, 3.05) is 106 Å². The highest BCUT2D eigenvalue weighted by Gasteiger charge is 2.38. The highest BCUT2D eigenvalue weighted by Crippen LogP contribution is 2.39. The van der Waals surface area contributed by atoms with Crippen LogP contribution in [0.5, 0.6) is 0 Å². The number of rotatable bonds is 23. The van der Waals surface area contributed by atoms with Crippen molar-refractivity contribution in [3.8, 4) is 0 Å². The van der Waals surface area contributed by atoms with Crippen molar-refractivity contribution in [3.05, 3.63) is 144 Å². The second kappa shape index (κ2) is 37.6. The molecule has 0 atom stereocenters. The minimum Gasteiger partial charge on any atom is -0.343 e. The molecule has 8 rings (SSSR count). The summed E-state index contributed by atoms with van der Waals surface area (Å²) in [5.74, 6) is 0.746. The zero-order chi connectivity index (χ0) is 63.1. The van der Waals surface area contributed by atoms with Crippen LogP contribution in [0.15, 0.2) is 121 Å². The number of urea groups is 2. The predicted octanol–water partition coefficient (Wildman–Crippen LogP) is 11.0. The summed E-state index contributed by atoms with van der Waals surface area (Å²) in [7, 11) is 4.02. The van der Waals surface area contributed by atoms with Crippen LogP contribution in [0, 0.1) is 27.6 Å². The summed E-state index contributed by atoms with van der Waals surface area (Å²) in [6.45, 7) is 24.7. The normalized spacial score (nSPS) is 18.0. The van der Waals surface area contributed by atoms with Crippen LogP contribution < -0.4 is 33.6 Å². The molecule has 4 aromatic carbocycles. The summed E-state index contributed by atoms with van der Waals surface area (Å²) < 4.78 is 0. The van der Waals surface area contributed by atoms with Crippen LogP contribution in [0.1, 0.15) is 147 Å². The Kier molecular flexibility index (Phi) is 31.3. The van der Waals surface area contributed by atoms with E-state index in [0.717, 1.165) is 136 Å². The second-order valence-electron chi connectivity index (χ2n) is 27.5. The van der Waals surface area contributed by atoms with Crippen molar-refractivity contribution in [2.45, 2.75) is 163 Å². The maximum atomic E-state index is 12.2. The summed E-state index contributed by atoms with van der Waals surface area (Å²) in [5.41, 5.74) is 30.9. The molecule has 10 N–H and O–H groups in total. The smallest absolute Gasteiger partial charge is 0.317 e. The Morgan fingerprint density at radius 2 is 0.747 bits per heavy atom. The summed E-state index contributed by atoms with van der Waals surface area (Å²) in [6.07, 6.45) is 18.2. The molecular weight excluding hydrogens is 1080 g/mol. The number of piperidine rings is 4. The molecule has 484 valence electrons. The van der Waals surface area contributed by atoms with Gasteiger partial charge in [0.2, 0.25) is 5.91 Å². The van der Waals surface area contributed by atoms with Crippen molar-refractivity contribution < 1.29 is 14.4 Å². The van der Waals surface area contributed by atoms with Gasteiger partial charge in [0.15, 0.2) is 0 Å². The Morgan fingerprint density at radius 3 is 1.02 bits per heavy atom. The van der Waals surface area contributed by atoms with Crippen LogP contribution in [0.4, 0.5) is 9.59 Å². The lowest BCUT2D eigenvalue weighted by molar-refractivity contribution is -0.134. The molecule has 14 nitrogen and oxygen atoms in total. The number of carbonyl (C=O) groups excluding carboxylic acids is 3. The van der Waals surface area contributed by atoms with Gasteiger partial charge >= 0.3 is 12.1 Å². The van der Waals surface area contributed by atoms with Crippen LogP contribution in [0.25, 0.3) is 0 Å². The molecule has 4 aliphatic heterocycles. The number of likely N-dealkylation sites (tertiary alicyclic amines) is 4. The molecule has 0 aliphatic carbocycles. The van der Waals surface area contributed by atoms with E-state index in [4.69, 9.17) is 22.9 Å². The van der Waals surface area contributed by atoms with Crippen LogP contribution in [-0.2, 0) is 30.5 Å². The maximum Gasteiger partial charge on any atom is 0.317 e. The number of aryl methyl sites for hydroxylation is 4. The van der Waals surface area contributed by atoms with E-state index >= 15 is 0 Å². The summed E-state index contributed by atoms with van der Waals surface area (Å²) >= 11 is 0. The van der Waals surface area contributed by atoms with E-state index in [1.165, 1.54) is 61.0 Å². The molecule has 0 bridgehead atoms. The third-order valence-corrected chi connectivity index (χ3v) is 19.7. The SMILES string of the molecule is CC(C)CC(=O)N1CCC(CN)(CCc2ccccc2)CC1.CC(C)N1CCC(CN)(CCc2ccccc2)CC1.CC(C)NC(=O)N1CCC(CN)(CCc2ccccc2)CC1.CN(C)CCNC(=O)N1CCC(CN)(CCc2ccccc2)CC1. The number of benzene rings is 4. The molecule has 4 aliphatic rings. The number of amides is 5. The first-order chi connectivity index (χ1) is 41.8. The second-order valence-corrected chi connectivity index (χ2v) is 27.5. The molecule has 4 heterocycles. The van der Waals surface area contributed by atoms with E-state index in [1.54, 1.807) is 0 Å². The van der Waals surface area contributed by atoms with Crippen molar-refractivity contribution in [1.82, 2.24) is 35.1 Å². The number of nitrogens with two attached hydrogens (primary N) is 4. The monoisotopic (exact) mass is 1200 g/mol. The average Bonchev–Trinajstić information content (AvgIpc) is 2.30. The van der Waals surface area contributed by atoms with Gasteiger partial charge < -0.3 is 58.1 Å². The maximum absolute atomic E-state index is 12.2. The van der Waals surface area contributed by atoms with E-state index in [1.807, 2.05) is 48.7 Å². The predicted molar refractivity (Wildman–Crippen MR) is 363 cm³/mol. The molecule has 14 heteroatoms. The fourth-order valence-corrected chi connectivity index (χ4v) is 12.9. The molecular formula is C73H119N11O3. The summed E-state index contributed by atoms with van der Waals surface area (Å²) in [5, 5.41) is 5.97. The summed E-state index contributed by atoms with van der Waals surface area (Å²) in [4.78, 5) is 47.0. The number of nitrogens with one attached hydrogen (secondary N) is 2. The van der Waals surface area contributed by atoms with Crippen molar-refractivity contribution in [3.63, 3.8) is 0 Å². The number of likely N-dealkylation sites (N-methyl/N-ethyl adjacent to an activating group) is 1. The highest BCUT2D eigenvalue weighted by molar-refractivity contribution is 5.76. The van der Waals surface area contributed by atoms with Crippen LogP contribution >= 0.6 is 0 Å². The fourth-order valence-electron chi connectivity index (χ4n) is 12.9. The van der Waals surface area contributed by atoms with E-state index in [9.17, 15) is 14.4 Å². The van der Waals surface area contributed by atoms with E-state index in [-0.39, 0.29) is 34.3 Å². The number of nitrogens with zero attached hydrogens (tertiary/aromatic N) is 5. The van der Waals surface area contributed by atoms with Gasteiger partial charge in [-0.05, 0) is 234 Å². The Labute approximate surface area is 527 Å². The molecule has 87 heavy (non-hydrogen) atoms. The topological polar surface area (TPSA) is 196 Å². The molecule has 0 unspecified atom stereocenters. The van der Waals surface area contributed by atoms with Gasteiger partial charge in [-0.1, -0.05) is 135 Å². The molecule has 0 spiro atoms. The minimum absolute atomic E-state index is 0.0590. The van der Waals surface area contributed by atoms with Crippen molar-refractivity contribution >= 4 is 18.0 Å². The number of carbonyl (C=O) groups is 3. The number of hydrogen-bond acceptors (Lipinski definition) is 9. The molecule has 0 aromatic heterocycles. The van der Waals surface area contributed by atoms with Crippen LogP contribution in [0.2, 0.25) is 0 Å². The zero-order valence-corrected chi connectivity index (χ0v) is 55.5. The largest absolute Gasteiger partial charge is 0.343 e. The Bertz CT molecular complexity index is 2390. The third kappa shape index (κ3) is 25.2. The first kappa shape index (κ1) is 72.4. The molecule has 0 saturated carbocycles. The first-order valence-electron chi connectivity index (χ1n) is 33.5. The molecule has 0 radical (unpaired) electrons. The minimum atomic E-state index is 0.0590. The van der Waals surface area contributed by atoms with Gasteiger partial charge in [0.25, 0.3) is 0 Å². The van der Waals surface area contributed by atoms with E-state index in [0.29, 0.717) is 49.3 Å². The van der Waals surface area contributed by atoms with Crippen molar-refractivity contribution in [1.29, 1.82) is 0 Å². The fraction of sp³-hybridized carbons (Fsp3) is 0.630. The lowest BCUT2D eigenvalue weighted by Crippen LogP contribution is -2.50. The standard InChI is InChI=1S/C19H32N4O.C19H30N2O.C18H29N3O.C17H28N2/c1-22(2)15-12-21-18(24)23-13-10-19(16-20,11-14-23)9-8-17-6-4-3-5-7-17;1-16(2)14-18(22)21-12-10-19(15-20,11-13-21)9-8-17-6-4-3-5-7-17;1-15(2)20-17(22)21-12-10-18(14-19,11-13-21)9-8-16-6-4-3-5-7-16;1-15(2)19-12-10-17(14-18,11-13-19)9-8-16-6-4-3-5-7-16/h3-7H,8-16,20H2,1-2H3,(H,21,24);3-7,16H,8-15,20H2,1-2H3;3-7,15H,8-14,19H2,1-2H3,(H,20,22);3-7,15H,8-14,18H2,1-2H3. The lowest BCUT2D eigenvalue weighted by Gasteiger charge is -2.43. The molecule has 4 fully saturated rings. The molecule has 5 amide bonds. The van der Waals surface area contributed by atoms with E-state index < -0.39 is 0 Å². The average molecular weight is 1200 g/mol. The van der Waals surface area contributed by atoms with Gasteiger partial charge in [0.05, 0.1) is 0 Å². The van der Waals surface area contributed by atoms with Gasteiger partial charge in [0, 0.05) is 70.9 Å². The van der Waals surface area contributed by atoms with E-state index in [2.05, 4.69) is 163 Å². The first-order valence-corrected chi connectivity index (χ1v) is 33.5. The Morgan fingerprint density at radius 1 is 0.448 bits per heavy atom. The van der Waals surface area contributed by atoms with Gasteiger partial charge in [-0.3, -0.25) is 4.79 Å². The van der Waals surface area contributed by atoms with Gasteiger partial charge in [0.1, 0.15) is 0 Å². The highest BCUT2D eigenvalue weighted by atomic mass is 16.2. The Hall–Kier alpha value is -5.35. The lowest BCUT2D eigenvalue weighted by atomic mass is 9.74. The quantitative estimate of drug-likeness (QED) is 0.0419. The van der Waals surface area contributed by atoms with Gasteiger partial charge in [-0.2, -0.15) is 0 Å².